The van der Waals surface area contributed by atoms with Crippen LogP contribution in [0.3, 0.4) is 0 Å². The predicted octanol–water partition coefficient (Wildman–Crippen LogP) is 2.53. The number of hydrogen-bond acceptors (Lipinski definition) is 3. The van der Waals surface area contributed by atoms with Crippen molar-refractivity contribution in [2.45, 2.75) is 6.54 Å². The topological polar surface area (TPSA) is 70.6 Å². The third-order valence-electron chi connectivity index (χ3n) is 2.71. The van der Waals surface area contributed by atoms with Crippen LogP contribution in [0, 0.1) is 5.82 Å². The molecule has 0 unspecified atom stereocenters. The molecule has 4 N–H and O–H groups in total. The number of hydrogen-bond donors (Lipinski definition) is 3. The van der Waals surface area contributed by atoms with Crippen molar-refractivity contribution in [3.05, 3.63) is 65.5 Å². The summed E-state index contributed by atoms with van der Waals surface area (Å²) in [6.45, 7) is 0.454. The molecule has 0 heterocycles. The van der Waals surface area contributed by atoms with E-state index in [9.17, 15) is 4.39 Å². The van der Waals surface area contributed by atoms with E-state index >= 15 is 0 Å². The van der Waals surface area contributed by atoms with Crippen molar-refractivity contribution in [2.75, 3.05) is 5.32 Å². The molecule has 0 amide bonds. The van der Waals surface area contributed by atoms with Gasteiger partial charge in [0.25, 0.3) is 0 Å². The second-order valence-corrected chi connectivity index (χ2v) is 4.01. The van der Waals surface area contributed by atoms with Gasteiger partial charge in [-0.2, -0.15) is 0 Å². The molecule has 0 spiro atoms. The molecule has 0 aliphatic carbocycles. The molecule has 2 aromatic carbocycles. The minimum Gasteiger partial charge on any atom is -0.409 e. The summed E-state index contributed by atoms with van der Waals surface area (Å²) >= 11 is 0. The normalized spacial score (nSPS) is 11.3. The molecule has 0 atom stereocenters. The van der Waals surface area contributed by atoms with E-state index in [1.165, 1.54) is 12.1 Å². The summed E-state index contributed by atoms with van der Waals surface area (Å²) in [6, 6.07) is 13.8. The Kier molecular flexibility index (Phi) is 3.97. The lowest BCUT2D eigenvalue weighted by Gasteiger charge is -2.10. The first-order valence-electron chi connectivity index (χ1n) is 5.76. The quantitative estimate of drug-likeness (QED) is 0.342. The molecule has 0 saturated carbocycles. The number of rotatable bonds is 4. The van der Waals surface area contributed by atoms with Crippen molar-refractivity contribution in [1.82, 2.24) is 0 Å². The van der Waals surface area contributed by atoms with E-state index in [4.69, 9.17) is 10.9 Å². The summed E-state index contributed by atoms with van der Waals surface area (Å²) in [6.07, 6.45) is 0. The fourth-order valence-electron chi connectivity index (χ4n) is 1.75. The van der Waals surface area contributed by atoms with Gasteiger partial charge < -0.3 is 16.3 Å². The number of nitrogens with one attached hydrogen (secondary N) is 1. The number of amidine groups is 1. The van der Waals surface area contributed by atoms with Crippen LogP contribution in [-0.4, -0.2) is 11.0 Å². The van der Waals surface area contributed by atoms with Crippen molar-refractivity contribution in [3.63, 3.8) is 0 Å². The van der Waals surface area contributed by atoms with Crippen LogP contribution in [0.25, 0.3) is 0 Å². The maximum absolute atomic E-state index is 13.2. The average molecular weight is 259 g/mol. The molecule has 98 valence electrons. The minimum atomic E-state index is -0.426. The van der Waals surface area contributed by atoms with Crippen LogP contribution in [-0.2, 0) is 6.54 Å². The Morgan fingerprint density at radius 2 is 1.95 bits per heavy atom. The molecule has 5 heteroatoms. The van der Waals surface area contributed by atoms with Gasteiger partial charge in [0, 0.05) is 17.8 Å². The summed E-state index contributed by atoms with van der Waals surface area (Å²) in [5.41, 5.74) is 7.61. The first kappa shape index (κ1) is 12.9. The number of oxime groups is 1. The molecule has 0 bridgehead atoms. The monoisotopic (exact) mass is 259 g/mol. The lowest BCUT2D eigenvalue weighted by atomic mass is 10.1. The second kappa shape index (κ2) is 5.86. The largest absolute Gasteiger partial charge is 0.409 e. The van der Waals surface area contributed by atoms with Crippen molar-refractivity contribution >= 4 is 11.5 Å². The summed E-state index contributed by atoms with van der Waals surface area (Å²) in [7, 11) is 0. The third kappa shape index (κ3) is 3.22. The molecule has 0 aliphatic rings. The molecule has 2 rings (SSSR count). The summed E-state index contributed by atoms with van der Waals surface area (Å²) in [5.74, 6) is -0.533. The average Bonchev–Trinajstić information content (AvgIpc) is 2.46. The zero-order valence-electron chi connectivity index (χ0n) is 10.2. The lowest BCUT2D eigenvalue weighted by molar-refractivity contribution is 0.318. The first-order valence-corrected chi connectivity index (χ1v) is 5.76. The predicted molar refractivity (Wildman–Crippen MR) is 72.7 cm³/mol. The minimum absolute atomic E-state index is 0.107. The molecule has 0 saturated heterocycles. The van der Waals surface area contributed by atoms with Gasteiger partial charge in [-0.3, -0.25) is 0 Å². The van der Waals surface area contributed by atoms with Crippen molar-refractivity contribution in [2.24, 2.45) is 10.9 Å². The molecular weight excluding hydrogens is 245 g/mol. The zero-order valence-corrected chi connectivity index (χ0v) is 10.2. The van der Waals surface area contributed by atoms with Crippen molar-refractivity contribution in [1.29, 1.82) is 0 Å². The van der Waals surface area contributed by atoms with E-state index in [2.05, 4.69) is 10.5 Å². The van der Waals surface area contributed by atoms with E-state index in [0.29, 0.717) is 12.1 Å². The van der Waals surface area contributed by atoms with Gasteiger partial charge in [-0.25, -0.2) is 4.39 Å². The van der Waals surface area contributed by atoms with Crippen LogP contribution in [0.15, 0.2) is 53.7 Å². The van der Waals surface area contributed by atoms with E-state index in [1.807, 2.05) is 30.3 Å². The van der Waals surface area contributed by atoms with Crippen LogP contribution in [0.5, 0.6) is 0 Å². The summed E-state index contributed by atoms with van der Waals surface area (Å²) < 4.78 is 13.2. The van der Waals surface area contributed by atoms with Crippen molar-refractivity contribution < 1.29 is 9.60 Å². The first-order chi connectivity index (χ1) is 9.20. The molecule has 2 aromatic rings. The molecule has 0 radical (unpaired) electrons. The SMILES string of the molecule is NC(=NO)c1cc(F)ccc1CNc1ccccc1. The van der Waals surface area contributed by atoms with Gasteiger partial charge in [0.15, 0.2) is 5.84 Å². The fourth-order valence-corrected chi connectivity index (χ4v) is 1.75. The molecule has 19 heavy (non-hydrogen) atoms. The highest BCUT2D eigenvalue weighted by Gasteiger charge is 2.08. The number of anilines is 1. The molecule has 0 aromatic heterocycles. The van der Waals surface area contributed by atoms with Gasteiger partial charge in [0.1, 0.15) is 5.82 Å². The lowest BCUT2D eigenvalue weighted by Crippen LogP contribution is -2.17. The van der Waals surface area contributed by atoms with Gasteiger partial charge in [-0.1, -0.05) is 29.4 Å². The molecule has 0 fully saturated rings. The van der Waals surface area contributed by atoms with Gasteiger partial charge in [-0.15, -0.1) is 0 Å². The van der Waals surface area contributed by atoms with Crippen molar-refractivity contribution in [3.8, 4) is 0 Å². The number of benzene rings is 2. The summed E-state index contributed by atoms with van der Waals surface area (Å²) in [5, 5.41) is 14.8. The van der Waals surface area contributed by atoms with Gasteiger partial charge in [0.05, 0.1) is 0 Å². The fraction of sp³-hybridized carbons (Fsp3) is 0.0714. The maximum atomic E-state index is 13.2. The Bertz CT molecular complexity index is 584. The van der Waals surface area contributed by atoms with E-state index < -0.39 is 5.82 Å². The van der Waals surface area contributed by atoms with Crippen LogP contribution in [0.4, 0.5) is 10.1 Å². The van der Waals surface area contributed by atoms with Gasteiger partial charge in [0.2, 0.25) is 0 Å². The smallest absolute Gasteiger partial charge is 0.170 e. The molecular formula is C14H14FN3O. The maximum Gasteiger partial charge on any atom is 0.170 e. The van der Waals surface area contributed by atoms with E-state index in [1.54, 1.807) is 6.07 Å². The van der Waals surface area contributed by atoms with E-state index in [-0.39, 0.29) is 5.84 Å². The van der Waals surface area contributed by atoms with Crippen LogP contribution >= 0.6 is 0 Å². The van der Waals surface area contributed by atoms with Crippen LogP contribution in [0.2, 0.25) is 0 Å². The van der Waals surface area contributed by atoms with Crippen LogP contribution < -0.4 is 11.1 Å². The third-order valence-corrected chi connectivity index (χ3v) is 2.71. The standard InChI is InChI=1S/C14H14FN3O/c15-11-7-6-10(13(8-11)14(16)18-19)9-17-12-4-2-1-3-5-12/h1-8,17,19H,9H2,(H2,16,18). The number of para-hydroxylation sites is 1. The highest BCUT2D eigenvalue weighted by Crippen LogP contribution is 2.14. The van der Waals surface area contributed by atoms with Crippen LogP contribution in [0.1, 0.15) is 11.1 Å². The highest BCUT2D eigenvalue weighted by molar-refractivity contribution is 5.98. The van der Waals surface area contributed by atoms with E-state index in [0.717, 1.165) is 11.3 Å². The molecule has 4 nitrogen and oxygen atoms in total. The Hall–Kier alpha value is -2.56. The Morgan fingerprint density at radius 3 is 2.63 bits per heavy atom. The Morgan fingerprint density at radius 1 is 1.21 bits per heavy atom. The number of halogens is 1. The second-order valence-electron chi connectivity index (χ2n) is 4.01. The molecule has 0 aliphatic heterocycles. The van der Waals surface area contributed by atoms with Gasteiger partial charge >= 0.3 is 0 Å². The number of nitrogens with zero attached hydrogens (tertiary/aromatic N) is 1. The number of nitrogens with two attached hydrogens (primary N) is 1. The Balaban J connectivity index is 2.20. The zero-order chi connectivity index (χ0) is 13.7. The highest BCUT2D eigenvalue weighted by atomic mass is 19.1. The summed E-state index contributed by atoms with van der Waals surface area (Å²) in [4.78, 5) is 0. The Labute approximate surface area is 110 Å². The van der Waals surface area contributed by atoms with Gasteiger partial charge in [-0.05, 0) is 29.8 Å².